The number of benzene rings is 1. The third kappa shape index (κ3) is 3.05. The molecule has 0 amide bonds. The first-order valence-corrected chi connectivity index (χ1v) is 6.36. The van der Waals surface area contributed by atoms with Gasteiger partial charge in [-0.3, -0.25) is 4.90 Å². The highest BCUT2D eigenvalue weighted by molar-refractivity contribution is 5.20. The summed E-state index contributed by atoms with van der Waals surface area (Å²) in [6, 6.07) is 7.74. The van der Waals surface area contributed by atoms with Crippen molar-refractivity contribution in [2.24, 2.45) is 0 Å². The van der Waals surface area contributed by atoms with Gasteiger partial charge in [-0.25, -0.2) is 4.39 Å². The first kappa shape index (κ1) is 12.5. The van der Waals surface area contributed by atoms with Crippen molar-refractivity contribution in [2.75, 3.05) is 20.1 Å². The predicted octanol–water partition coefficient (Wildman–Crippen LogP) is 2.57. The van der Waals surface area contributed by atoms with Crippen LogP contribution in [0.2, 0.25) is 0 Å². The SMILES string of the molecule is CC(c1ccccc1F)N(C)C[C@H]1CCCN1. The monoisotopic (exact) mass is 236 g/mol. The van der Waals surface area contributed by atoms with Gasteiger partial charge in [-0.05, 0) is 39.4 Å². The van der Waals surface area contributed by atoms with Crippen LogP contribution in [-0.2, 0) is 0 Å². The van der Waals surface area contributed by atoms with Crippen LogP contribution >= 0.6 is 0 Å². The molecule has 0 saturated carbocycles. The van der Waals surface area contributed by atoms with E-state index in [1.54, 1.807) is 6.07 Å². The molecule has 94 valence electrons. The third-order valence-electron chi connectivity index (χ3n) is 3.69. The molecule has 1 N–H and O–H groups in total. The van der Waals surface area contributed by atoms with Crippen molar-refractivity contribution in [1.82, 2.24) is 10.2 Å². The lowest BCUT2D eigenvalue weighted by atomic mass is 10.1. The van der Waals surface area contributed by atoms with Crippen LogP contribution in [0.15, 0.2) is 24.3 Å². The van der Waals surface area contributed by atoms with Crippen molar-refractivity contribution in [3.63, 3.8) is 0 Å². The van der Waals surface area contributed by atoms with Crippen molar-refractivity contribution in [3.8, 4) is 0 Å². The first-order chi connectivity index (χ1) is 8.18. The minimum atomic E-state index is -0.105. The summed E-state index contributed by atoms with van der Waals surface area (Å²) in [5.41, 5.74) is 0.785. The number of nitrogens with one attached hydrogen (secondary N) is 1. The molecule has 3 heteroatoms. The molecule has 0 spiro atoms. The Balaban J connectivity index is 1.98. The molecular formula is C14H21FN2. The van der Waals surface area contributed by atoms with Crippen LogP contribution in [0.3, 0.4) is 0 Å². The number of likely N-dealkylation sites (N-methyl/N-ethyl adjacent to an activating group) is 1. The number of nitrogens with zero attached hydrogens (tertiary/aromatic N) is 1. The molecule has 1 unspecified atom stereocenters. The van der Waals surface area contributed by atoms with Gasteiger partial charge < -0.3 is 5.32 Å². The van der Waals surface area contributed by atoms with Gasteiger partial charge in [0.2, 0.25) is 0 Å². The smallest absolute Gasteiger partial charge is 0.127 e. The second kappa shape index (κ2) is 5.61. The van der Waals surface area contributed by atoms with Crippen LogP contribution in [0.4, 0.5) is 4.39 Å². The maximum atomic E-state index is 13.7. The van der Waals surface area contributed by atoms with E-state index in [0.29, 0.717) is 6.04 Å². The Kier molecular flexibility index (Phi) is 4.13. The topological polar surface area (TPSA) is 15.3 Å². The summed E-state index contributed by atoms with van der Waals surface area (Å²) in [5.74, 6) is -0.105. The Bertz CT molecular complexity index is 361. The van der Waals surface area contributed by atoms with E-state index in [1.807, 2.05) is 12.1 Å². The Morgan fingerprint density at radius 1 is 1.47 bits per heavy atom. The van der Waals surface area contributed by atoms with E-state index in [4.69, 9.17) is 0 Å². The van der Waals surface area contributed by atoms with Crippen LogP contribution in [0, 0.1) is 5.82 Å². The molecule has 1 fully saturated rings. The summed E-state index contributed by atoms with van der Waals surface area (Å²) in [4.78, 5) is 2.22. The van der Waals surface area contributed by atoms with E-state index in [0.717, 1.165) is 18.7 Å². The largest absolute Gasteiger partial charge is 0.313 e. The molecule has 0 radical (unpaired) electrons. The van der Waals surface area contributed by atoms with Crippen LogP contribution in [0.5, 0.6) is 0 Å². The van der Waals surface area contributed by atoms with Gasteiger partial charge in [0.1, 0.15) is 5.82 Å². The van der Waals surface area contributed by atoms with Crippen molar-refractivity contribution in [3.05, 3.63) is 35.6 Å². The minimum Gasteiger partial charge on any atom is -0.313 e. The molecule has 2 rings (SSSR count). The molecule has 17 heavy (non-hydrogen) atoms. The zero-order valence-electron chi connectivity index (χ0n) is 10.6. The number of halogens is 1. The average Bonchev–Trinajstić information content (AvgIpc) is 2.81. The molecule has 2 nitrogen and oxygen atoms in total. The van der Waals surface area contributed by atoms with Gasteiger partial charge >= 0.3 is 0 Å². The molecule has 1 aromatic rings. The fourth-order valence-corrected chi connectivity index (χ4v) is 2.47. The lowest BCUT2D eigenvalue weighted by Crippen LogP contribution is -2.36. The number of rotatable bonds is 4. The number of hydrogen-bond donors (Lipinski definition) is 1. The molecule has 0 bridgehead atoms. The maximum Gasteiger partial charge on any atom is 0.127 e. The van der Waals surface area contributed by atoms with Gasteiger partial charge in [-0.1, -0.05) is 18.2 Å². The van der Waals surface area contributed by atoms with E-state index in [1.165, 1.54) is 18.9 Å². The van der Waals surface area contributed by atoms with Crippen molar-refractivity contribution in [1.29, 1.82) is 0 Å². The van der Waals surface area contributed by atoms with E-state index in [-0.39, 0.29) is 11.9 Å². The third-order valence-corrected chi connectivity index (χ3v) is 3.69. The summed E-state index contributed by atoms with van der Waals surface area (Å²) >= 11 is 0. The summed E-state index contributed by atoms with van der Waals surface area (Å²) in [7, 11) is 2.07. The summed E-state index contributed by atoms with van der Waals surface area (Å²) < 4.78 is 13.7. The Morgan fingerprint density at radius 3 is 2.88 bits per heavy atom. The van der Waals surface area contributed by atoms with Gasteiger partial charge in [0.25, 0.3) is 0 Å². The molecule has 0 aromatic heterocycles. The second-order valence-electron chi connectivity index (χ2n) is 4.93. The van der Waals surface area contributed by atoms with Crippen LogP contribution in [0.25, 0.3) is 0 Å². The van der Waals surface area contributed by atoms with Crippen LogP contribution in [-0.4, -0.2) is 31.1 Å². The number of hydrogen-bond acceptors (Lipinski definition) is 2. The molecule has 1 aliphatic rings. The van der Waals surface area contributed by atoms with Gasteiger partial charge in [0, 0.05) is 24.2 Å². The highest BCUT2D eigenvalue weighted by Gasteiger charge is 2.20. The van der Waals surface area contributed by atoms with Crippen molar-refractivity contribution >= 4 is 0 Å². The lowest BCUT2D eigenvalue weighted by Gasteiger charge is -2.28. The Hall–Kier alpha value is -0.930. The highest BCUT2D eigenvalue weighted by atomic mass is 19.1. The molecule has 1 saturated heterocycles. The molecular weight excluding hydrogens is 215 g/mol. The van der Waals surface area contributed by atoms with Crippen LogP contribution < -0.4 is 5.32 Å². The molecule has 1 aromatic carbocycles. The summed E-state index contributed by atoms with van der Waals surface area (Å²) in [6.07, 6.45) is 2.49. The average molecular weight is 236 g/mol. The lowest BCUT2D eigenvalue weighted by molar-refractivity contribution is 0.234. The molecule has 1 heterocycles. The molecule has 0 aliphatic carbocycles. The van der Waals surface area contributed by atoms with Gasteiger partial charge in [0.05, 0.1) is 0 Å². The van der Waals surface area contributed by atoms with Gasteiger partial charge in [-0.2, -0.15) is 0 Å². The van der Waals surface area contributed by atoms with E-state index in [2.05, 4.69) is 24.2 Å². The summed E-state index contributed by atoms with van der Waals surface area (Å²) in [6.45, 7) is 4.16. The van der Waals surface area contributed by atoms with Crippen LogP contribution in [0.1, 0.15) is 31.4 Å². The second-order valence-corrected chi connectivity index (χ2v) is 4.93. The van der Waals surface area contributed by atoms with E-state index < -0.39 is 0 Å². The van der Waals surface area contributed by atoms with E-state index in [9.17, 15) is 4.39 Å². The Labute approximate surface area is 103 Å². The summed E-state index contributed by atoms with van der Waals surface area (Å²) in [5, 5.41) is 3.47. The Morgan fingerprint density at radius 2 is 2.24 bits per heavy atom. The highest BCUT2D eigenvalue weighted by Crippen LogP contribution is 2.22. The predicted molar refractivity (Wildman–Crippen MR) is 68.5 cm³/mol. The van der Waals surface area contributed by atoms with Gasteiger partial charge in [-0.15, -0.1) is 0 Å². The van der Waals surface area contributed by atoms with Crippen molar-refractivity contribution < 1.29 is 4.39 Å². The normalized spacial score (nSPS) is 22.0. The van der Waals surface area contributed by atoms with E-state index >= 15 is 0 Å². The quantitative estimate of drug-likeness (QED) is 0.864. The standard InChI is InChI=1S/C14H21FN2/c1-11(13-7-3-4-8-14(13)15)17(2)10-12-6-5-9-16-12/h3-4,7-8,11-12,16H,5-6,9-10H2,1-2H3/t11?,12-/m1/s1. The minimum absolute atomic E-state index is 0.105. The zero-order chi connectivity index (χ0) is 12.3. The van der Waals surface area contributed by atoms with Gasteiger partial charge in [0.15, 0.2) is 0 Å². The molecule has 2 atom stereocenters. The fourth-order valence-electron chi connectivity index (χ4n) is 2.47. The first-order valence-electron chi connectivity index (χ1n) is 6.36. The fraction of sp³-hybridized carbons (Fsp3) is 0.571. The molecule has 1 aliphatic heterocycles. The maximum absolute atomic E-state index is 13.7. The zero-order valence-corrected chi connectivity index (χ0v) is 10.6. The van der Waals surface area contributed by atoms with Crippen molar-refractivity contribution in [2.45, 2.75) is 31.8 Å².